The number of carbonyl (C=O) groups is 2. The Morgan fingerprint density at radius 3 is 2.54 bits per heavy atom. The maximum atomic E-state index is 14.5. The standard InChI is InChI=1S/C26H26FN3O4S/c1-33-14-13-29(26(32)24-8-5-15-35-24)17-25(31)30-23(18-9-11-19(34-2)12-10-18)16-22(28-30)20-6-3-4-7-21(20)27/h3-12,15,23H,13-14,16-17H2,1-2H3/t23-/m1/s1. The molecule has 0 saturated carbocycles. The second kappa shape index (κ2) is 11.2. The molecule has 2 heterocycles. The molecule has 2 aromatic carbocycles. The summed E-state index contributed by atoms with van der Waals surface area (Å²) in [6, 6.07) is 16.8. The predicted octanol–water partition coefficient (Wildman–Crippen LogP) is 4.36. The van der Waals surface area contributed by atoms with Gasteiger partial charge in [0.2, 0.25) is 0 Å². The van der Waals surface area contributed by atoms with E-state index in [1.54, 1.807) is 44.6 Å². The van der Waals surface area contributed by atoms with E-state index in [9.17, 15) is 14.0 Å². The molecule has 4 rings (SSSR count). The van der Waals surface area contributed by atoms with Crippen LogP contribution < -0.4 is 4.74 Å². The summed E-state index contributed by atoms with van der Waals surface area (Å²) in [6.45, 7) is 0.362. The number of rotatable bonds is 9. The van der Waals surface area contributed by atoms with E-state index in [0.717, 1.165) is 5.56 Å². The van der Waals surface area contributed by atoms with E-state index >= 15 is 0 Å². The molecule has 0 radical (unpaired) electrons. The number of methoxy groups -OCH3 is 2. The molecule has 35 heavy (non-hydrogen) atoms. The first-order chi connectivity index (χ1) is 17.0. The highest BCUT2D eigenvalue weighted by Gasteiger charge is 2.35. The minimum absolute atomic E-state index is 0.180. The number of nitrogens with zero attached hydrogens (tertiary/aromatic N) is 3. The summed E-state index contributed by atoms with van der Waals surface area (Å²) in [5.74, 6) is -0.321. The van der Waals surface area contributed by atoms with Gasteiger partial charge in [-0.2, -0.15) is 5.10 Å². The summed E-state index contributed by atoms with van der Waals surface area (Å²) >= 11 is 1.31. The molecule has 182 valence electrons. The molecule has 7 nitrogen and oxygen atoms in total. The van der Waals surface area contributed by atoms with Gasteiger partial charge in [0.05, 0.1) is 30.3 Å². The Hall–Kier alpha value is -3.56. The highest BCUT2D eigenvalue weighted by Crippen LogP contribution is 2.34. The van der Waals surface area contributed by atoms with E-state index < -0.39 is 11.9 Å². The number of hydrazone groups is 1. The quantitative estimate of drug-likeness (QED) is 0.442. The van der Waals surface area contributed by atoms with Crippen LogP contribution in [0.4, 0.5) is 4.39 Å². The summed E-state index contributed by atoms with van der Waals surface area (Å²) < 4.78 is 24.9. The van der Waals surface area contributed by atoms with Gasteiger partial charge in [0.15, 0.2) is 0 Å². The molecule has 0 aliphatic carbocycles. The lowest BCUT2D eigenvalue weighted by atomic mass is 9.98. The Labute approximate surface area is 207 Å². The maximum absolute atomic E-state index is 14.5. The first kappa shape index (κ1) is 24.6. The number of halogens is 1. The SMILES string of the molecule is COCCN(CC(=O)N1N=C(c2ccccc2F)C[C@@H]1c1ccc(OC)cc1)C(=O)c1cccs1. The van der Waals surface area contributed by atoms with E-state index in [4.69, 9.17) is 9.47 Å². The second-order valence-corrected chi connectivity index (χ2v) is 8.90. The third kappa shape index (κ3) is 5.58. The highest BCUT2D eigenvalue weighted by atomic mass is 32.1. The fourth-order valence-corrected chi connectivity index (χ4v) is 4.62. The Morgan fingerprint density at radius 2 is 1.89 bits per heavy atom. The number of amides is 2. The number of benzene rings is 2. The third-order valence-electron chi connectivity index (χ3n) is 5.76. The van der Waals surface area contributed by atoms with Gasteiger partial charge >= 0.3 is 0 Å². The molecule has 1 aromatic heterocycles. The lowest BCUT2D eigenvalue weighted by Crippen LogP contribution is -2.42. The van der Waals surface area contributed by atoms with Crippen LogP contribution in [0.1, 0.15) is 33.3 Å². The van der Waals surface area contributed by atoms with Crippen molar-refractivity contribution in [2.24, 2.45) is 5.10 Å². The minimum Gasteiger partial charge on any atom is -0.497 e. The minimum atomic E-state index is -0.441. The third-order valence-corrected chi connectivity index (χ3v) is 6.62. The van der Waals surface area contributed by atoms with Crippen LogP contribution in [0.3, 0.4) is 0 Å². The van der Waals surface area contributed by atoms with Crippen LogP contribution in [0, 0.1) is 5.82 Å². The van der Waals surface area contributed by atoms with Gasteiger partial charge in [-0.15, -0.1) is 11.3 Å². The van der Waals surface area contributed by atoms with Crippen LogP contribution in [-0.2, 0) is 9.53 Å². The van der Waals surface area contributed by atoms with Crippen molar-refractivity contribution < 1.29 is 23.5 Å². The van der Waals surface area contributed by atoms with Crippen LogP contribution in [0.5, 0.6) is 5.75 Å². The molecule has 0 unspecified atom stereocenters. The monoisotopic (exact) mass is 495 g/mol. The summed E-state index contributed by atoms with van der Waals surface area (Å²) in [6.07, 6.45) is 0.343. The Kier molecular flexibility index (Phi) is 7.89. The number of hydrogen-bond donors (Lipinski definition) is 0. The Morgan fingerprint density at radius 1 is 1.11 bits per heavy atom. The van der Waals surface area contributed by atoms with Crippen molar-refractivity contribution in [3.05, 3.63) is 87.9 Å². The van der Waals surface area contributed by atoms with Crippen LogP contribution in [-0.4, -0.2) is 61.4 Å². The first-order valence-electron chi connectivity index (χ1n) is 11.1. The number of hydrogen-bond acceptors (Lipinski definition) is 6. The number of ether oxygens (including phenoxy) is 2. The number of thiophene rings is 1. The molecule has 0 spiro atoms. The zero-order valence-electron chi connectivity index (χ0n) is 19.5. The van der Waals surface area contributed by atoms with Gasteiger partial charge in [0, 0.05) is 25.6 Å². The topological polar surface area (TPSA) is 71.4 Å². The molecule has 0 bridgehead atoms. The first-order valence-corrected chi connectivity index (χ1v) is 12.0. The summed E-state index contributed by atoms with van der Waals surface area (Å²) in [4.78, 5) is 28.6. The predicted molar refractivity (Wildman–Crippen MR) is 132 cm³/mol. The molecule has 9 heteroatoms. The normalized spacial score (nSPS) is 15.1. The van der Waals surface area contributed by atoms with Crippen molar-refractivity contribution in [3.8, 4) is 5.75 Å². The van der Waals surface area contributed by atoms with Crippen LogP contribution >= 0.6 is 11.3 Å². The lowest BCUT2D eigenvalue weighted by molar-refractivity contribution is -0.133. The average Bonchev–Trinajstić information content (AvgIpc) is 3.57. The maximum Gasteiger partial charge on any atom is 0.264 e. The van der Waals surface area contributed by atoms with Gasteiger partial charge in [-0.1, -0.05) is 36.4 Å². The fourth-order valence-electron chi connectivity index (χ4n) is 3.93. The fraction of sp³-hybridized carbons (Fsp3) is 0.269. The zero-order chi connectivity index (χ0) is 24.8. The molecule has 1 aliphatic rings. The van der Waals surface area contributed by atoms with Crippen LogP contribution in [0.25, 0.3) is 0 Å². The van der Waals surface area contributed by atoms with Crippen molar-refractivity contribution in [3.63, 3.8) is 0 Å². The highest BCUT2D eigenvalue weighted by molar-refractivity contribution is 7.12. The van der Waals surface area contributed by atoms with Gasteiger partial charge < -0.3 is 14.4 Å². The van der Waals surface area contributed by atoms with Crippen molar-refractivity contribution in [1.29, 1.82) is 0 Å². The number of carbonyl (C=O) groups excluding carboxylic acids is 2. The average molecular weight is 496 g/mol. The second-order valence-electron chi connectivity index (χ2n) is 7.95. The zero-order valence-corrected chi connectivity index (χ0v) is 20.3. The molecule has 2 amide bonds. The van der Waals surface area contributed by atoms with E-state index in [1.807, 2.05) is 29.6 Å². The van der Waals surface area contributed by atoms with Gasteiger partial charge in [0.1, 0.15) is 18.1 Å². The van der Waals surface area contributed by atoms with E-state index in [2.05, 4.69) is 5.10 Å². The van der Waals surface area contributed by atoms with Gasteiger partial charge in [-0.3, -0.25) is 9.59 Å². The largest absolute Gasteiger partial charge is 0.497 e. The summed E-state index contributed by atoms with van der Waals surface area (Å²) in [5.41, 5.74) is 1.67. The van der Waals surface area contributed by atoms with Gasteiger partial charge in [-0.25, -0.2) is 9.40 Å². The van der Waals surface area contributed by atoms with E-state index in [-0.39, 0.29) is 31.5 Å². The van der Waals surface area contributed by atoms with Gasteiger partial charge in [-0.05, 0) is 35.2 Å². The Bertz CT molecular complexity index is 1200. The Balaban J connectivity index is 1.63. The molecule has 0 fully saturated rings. The van der Waals surface area contributed by atoms with Crippen LogP contribution in [0.2, 0.25) is 0 Å². The van der Waals surface area contributed by atoms with Crippen molar-refractivity contribution >= 4 is 28.9 Å². The molecule has 1 atom stereocenters. The summed E-state index contributed by atoms with van der Waals surface area (Å²) in [7, 11) is 3.12. The van der Waals surface area contributed by atoms with Gasteiger partial charge in [0.25, 0.3) is 11.8 Å². The molecular weight excluding hydrogens is 469 g/mol. The lowest BCUT2D eigenvalue weighted by Gasteiger charge is -2.26. The molecule has 1 aliphatic heterocycles. The molecular formula is C26H26FN3O4S. The van der Waals surface area contributed by atoms with Crippen molar-refractivity contribution in [2.75, 3.05) is 33.9 Å². The van der Waals surface area contributed by atoms with Crippen LogP contribution in [0.15, 0.2) is 71.1 Å². The summed E-state index contributed by atoms with van der Waals surface area (Å²) in [5, 5.41) is 7.72. The van der Waals surface area contributed by atoms with E-state index in [0.29, 0.717) is 28.3 Å². The van der Waals surface area contributed by atoms with Crippen molar-refractivity contribution in [2.45, 2.75) is 12.5 Å². The molecule has 0 saturated heterocycles. The molecule has 0 N–H and O–H groups in total. The smallest absolute Gasteiger partial charge is 0.264 e. The molecule has 3 aromatic rings. The van der Waals surface area contributed by atoms with Crippen molar-refractivity contribution in [1.82, 2.24) is 9.91 Å². The van der Waals surface area contributed by atoms with E-state index in [1.165, 1.54) is 27.3 Å².